The molecule has 25 heavy (non-hydrogen) atoms. The Morgan fingerprint density at radius 1 is 1.36 bits per heavy atom. The summed E-state index contributed by atoms with van der Waals surface area (Å²) in [4.78, 5) is 23.3. The third-order valence-corrected chi connectivity index (χ3v) is 4.05. The van der Waals surface area contributed by atoms with E-state index >= 15 is 0 Å². The largest absolute Gasteiger partial charge is 0.492 e. The van der Waals surface area contributed by atoms with Crippen molar-refractivity contribution in [3.63, 3.8) is 0 Å². The molecule has 0 spiro atoms. The van der Waals surface area contributed by atoms with E-state index in [0.29, 0.717) is 24.5 Å². The lowest BCUT2D eigenvalue weighted by molar-refractivity contribution is -0.123. The molecule has 9 heteroatoms. The molecule has 1 aromatic carbocycles. The van der Waals surface area contributed by atoms with Gasteiger partial charge in [0.25, 0.3) is 0 Å². The first kappa shape index (κ1) is 16.9. The second-order valence-corrected chi connectivity index (χ2v) is 5.78. The van der Waals surface area contributed by atoms with E-state index in [1.165, 1.54) is 12.1 Å². The summed E-state index contributed by atoms with van der Waals surface area (Å²) >= 11 is 0. The Hall–Kier alpha value is -2.97. The summed E-state index contributed by atoms with van der Waals surface area (Å²) in [5, 5.41) is 23.3. The molecule has 2 N–H and O–H groups in total. The molecule has 0 radical (unpaired) electrons. The maximum absolute atomic E-state index is 12.4. The number of hydrogen-bond acceptors (Lipinski definition) is 6. The number of fused-ring (bicyclic) bond motifs is 1. The van der Waals surface area contributed by atoms with Crippen LogP contribution >= 0.6 is 0 Å². The van der Waals surface area contributed by atoms with Crippen LogP contribution in [0.2, 0.25) is 0 Å². The number of benzene rings is 1. The van der Waals surface area contributed by atoms with Crippen LogP contribution in [0, 0.1) is 0 Å². The van der Waals surface area contributed by atoms with Crippen LogP contribution in [0.3, 0.4) is 0 Å². The first-order chi connectivity index (χ1) is 12.1. The minimum atomic E-state index is -1.01. The smallest absolute Gasteiger partial charge is 0.335 e. The van der Waals surface area contributed by atoms with Crippen molar-refractivity contribution in [2.75, 3.05) is 13.2 Å². The second kappa shape index (κ2) is 7.73. The zero-order valence-electron chi connectivity index (χ0n) is 13.6. The number of amides is 1. The van der Waals surface area contributed by atoms with Gasteiger partial charge in [-0.3, -0.25) is 4.79 Å². The van der Waals surface area contributed by atoms with E-state index in [2.05, 4.69) is 20.8 Å². The number of rotatable bonds is 6. The molecular formula is C16H19N5O4. The molecule has 1 aliphatic heterocycles. The lowest BCUT2D eigenvalue weighted by Gasteiger charge is -2.14. The van der Waals surface area contributed by atoms with Gasteiger partial charge in [0.15, 0.2) is 5.82 Å². The van der Waals surface area contributed by atoms with E-state index in [1.807, 2.05) is 0 Å². The average molecular weight is 345 g/mol. The summed E-state index contributed by atoms with van der Waals surface area (Å²) in [7, 11) is 0. The monoisotopic (exact) mass is 345 g/mol. The second-order valence-electron chi connectivity index (χ2n) is 5.78. The van der Waals surface area contributed by atoms with Gasteiger partial charge in [0.1, 0.15) is 12.4 Å². The zero-order chi connectivity index (χ0) is 17.6. The van der Waals surface area contributed by atoms with Crippen LogP contribution in [-0.4, -0.2) is 50.3 Å². The van der Waals surface area contributed by atoms with Crippen molar-refractivity contribution in [3.8, 4) is 5.75 Å². The number of aryl methyl sites for hydroxylation is 1. The van der Waals surface area contributed by atoms with Crippen molar-refractivity contribution in [3.05, 3.63) is 35.7 Å². The van der Waals surface area contributed by atoms with Gasteiger partial charge in [-0.2, -0.15) is 0 Å². The summed E-state index contributed by atoms with van der Waals surface area (Å²) in [5.41, 5.74) is 0.159. The molecule has 1 aromatic heterocycles. The van der Waals surface area contributed by atoms with Crippen molar-refractivity contribution < 1.29 is 19.4 Å². The van der Waals surface area contributed by atoms with Crippen molar-refractivity contribution in [2.45, 2.75) is 31.7 Å². The molecule has 1 atom stereocenters. The van der Waals surface area contributed by atoms with Gasteiger partial charge in [0.05, 0.1) is 18.0 Å². The highest BCUT2D eigenvalue weighted by Crippen LogP contribution is 2.23. The van der Waals surface area contributed by atoms with Gasteiger partial charge in [-0.05, 0) is 41.5 Å². The molecule has 0 aliphatic carbocycles. The van der Waals surface area contributed by atoms with Gasteiger partial charge in [-0.1, -0.05) is 12.5 Å². The first-order valence-electron chi connectivity index (χ1n) is 8.15. The first-order valence-corrected chi connectivity index (χ1v) is 8.15. The van der Waals surface area contributed by atoms with Crippen LogP contribution in [0.15, 0.2) is 24.3 Å². The van der Waals surface area contributed by atoms with Crippen LogP contribution in [0.5, 0.6) is 5.75 Å². The predicted molar refractivity (Wildman–Crippen MR) is 86.3 cm³/mol. The predicted octanol–water partition coefficient (Wildman–Crippen LogP) is 0.834. The number of nitrogens with zero attached hydrogens (tertiary/aromatic N) is 4. The van der Waals surface area contributed by atoms with Gasteiger partial charge in [-0.25, -0.2) is 9.48 Å². The fraction of sp³-hybridized carbons (Fsp3) is 0.438. The maximum Gasteiger partial charge on any atom is 0.335 e. The zero-order valence-corrected chi connectivity index (χ0v) is 13.6. The highest BCUT2D eigenvalue weighted by Gasteiger charge is 2.28. The fourth-order valence-corrected chi connectivity index (χ4v) is 2.79. The standard InChI is InChI=1S/C16H19N5O4/c22-15(13-6-1-2-8-21-14(13)18-19-20-21)17-7-9-25-12-5-3-4-11(10-12)16(23)24/h3-5,10,13H,1-2,6-9H2,(H,17,22)(H,23,24)/t13-/m1/s1. The number of aromatic nitrogens is 4. The lowest BCUT2D eigenvalue weighted by atomic mass is 10.0. The van der Waals surface area contributed by atoms with E-state index < -0.39 is 5.97 Å². The number of carboxylic acid groups (broad SMARTS) is 1. The van der Waals surface area contributed by atoms with Gasteiger partial charge >= 0.3 is 5.97 Å². The minimum absolute atomic E-state index is 0.124. The van der Waals surface area contributed by atoms with Crippen molar-refractivity contribution >= 4 is 11.9 Å². The molecule has 3 rings (SSSR count). The van der Waals surface area contributed by atoms with Crippen molar-refractivity contribution in [1.82, 2.24) is 25.5 Å². The van der Waals surface area contributed by atoms with E-state index in [0.717, 1.165) is 19.4 Å². The number of carbonyl (C=O) groups is 2. The number of carbonyl (C=O) groups excluding carboxylic acids is 1. The molecule has 0 saturated carbocycles. The molecule has 1 aliphatic rings. The number of carboxylic acids is 1. The molecule has 2 aromatic rings. The Labute approximate surface area is 144 Å². The van der Waals surface area contributed by atoms with E-state index in [4.69, 9.17) is 9.84 Å². The molecule has 9 nitrogen and oxygen atoms in total. The van der Waals surface area contributed by atoms with Gasteiger partial charge in [-0.15, -0.1) is 5.10 Å². The molecule has 0 saturated heterocycles. The summed E-state index contributed by atoms with van der Waals surface area (Å²) in [6.07, 6.45) is 2.60. The number of tetrazole rings is 1. The molecule has 132 valence electrons. The normalized spacial score (nSPS) is 16.6. The average Bonchev–Trinajstić information content (AvgIpc) is 2.98. The van der Waals surface area contributed by atoms with Crippen LogP contribution < -0.4 is 10.1 Å². The Kier molecular flexibility index (Phi) is 5.22. The number of nitrogens with one attached hydrogen (secondary N) is 1. The quantitative estimate of drug-likeness (QED) is 0.744. The SMILES string of the molecule is O=C(O)c1cccc(OCCNC(=O)[C@@H]2CCCCn3nnnc32)c1. The van der Waals surface area contributed by atoms with Crippen LogP contribution in [0.1, 0.15) is 41.4 Å². The Balaban J connectivity index is 1.50. The summed E-state index contributed by atoms with van der Waals surface area (Å²) in [5.74, 6) is -0.434. The number of ether oxygens (including phenoxy) is 1. The molecule has 0 unspecified atom stereocenters. The van der Waals surface area contributed by atoms with Crippen molar-refractivity contribution in [1.29, 1.82) is 0 Å². The Bertz CT molecular complexity index is 760. The highest BCUT2D eigenvalue weighted by atomic mass is 16.5. The molecule has 0 fully saturated rings. The third-order valence-electron chi connectivity index (χ3n) is 4.05. The number of aromatic carboxylic acids is 1. The summed E-state index contributed by atoms with van der Waals surface area (Å²) < 4.78 is 7.18. The van der Waals surface area contributed by atoms with E-state index in [1.54, 1.807) is 16.8 Å². The van der Waals surface area contributed by atoms with Gasteiger partial charge in [0, 0.05) is 6.54 Å². The van der Waals surface area contributed by atoms with Crippen molar-refractivity contribution in [2.24, 2.45) is 0 Å². The topological polar surface area (TPSA) is 119 Å². The summed E-state index contributed by atoms with van der Waals surface area (Å²) in [6.45, 7) is 1.29. The molecular weight excluding hydrogens is 326 g/mol. The van der Waals surface area contributed by atoms with E-state index in [-0.39, 0.29) is 24.0 Å². The summed E-state index contributed by atoms with van der Waals surface area (Å²) in [6, 6.07) is 6.23. The van der Waals surface area contributed by atoms with Gasteiger partial charge < -0.3 is 15.2 Å². The minimum Gasteiger partial charge on any atom is -0.492 e. The fourth-order valence-electron chi connectivity index (χ4n) is 2.79. The van der Waals surface area contributed by atoms with Gasteiger partial charge in [0.2, 0.25) is 5.91 Å². The molecule has 2 heterocycles. The van der Waals surface area contributed by atoms with Crippen LogP contribution in [0.25, 0.3) is 0 Å². The van der Waals surface area contributed by atoms with Crippen LogP contribution in [-0.2, 0) is 11.3 Å². The van der Waals surface area contributed by atoms with E-state index in [9.17, 15) is 9.59 Å². The highest BCUT2D eigenvalue weighted by molar-refractivity contribution is 5.88. The lowest BCUT2D eigenvalue weighted by Crippen LogP contribution is -2.33. The third kappa shape index (κ3) is 4.11. The molecule has 1 amide bonds. The van der Waals surface area contributed by atoms with Crippen LogP contribution in [0.4, 0.5) is 0 Å². The Morgan fingerprint density at radius 2 is 2.24 bits per heavy atom. The molecule has 0 bridgehead atoms. The maximum atomic E-state index is 12.4. The number of hydrogen-bond donors (Lipinski definition) is 2. The Morgan fingerprint density at radius 3 is 3.08 bits per heavy atom.